The topological polar surface area (TPSA) is 72.3 Å². The minimum absolute atomic E-state index is 0.510. The van der Waals surface area contributed by atoms with Gasteiger partial charge in [-0.15, -0.1) is 0 Å². The summed E-state index contributed by atoms with van der Waals surface area (Å²) in [5, 5.41) is 10.3. The molecule has 3 N–H and O–H groups in total. The van der Waals surface area contributed by atoms with Gasteiger partial charge in [0.25, 0.3) is 0 Å². The number of furan rings is 1. The van der Waals surface area contributed by atoms with Crippen molar-refractivity contribution < 1.29 is 9.52 Å². The second-order valence-electron chi connectivity index (χ2n) is 3.55. The van der Waals surface area contributed by atoms with E-state index >= 15 is 0 Å². The van der Waals surface area contributed by atoms with E-state index in [2.05, 4.69) is 4.98 Å². The van der Waals surface area contributed by atoms with Crippen LogP contribution in [0.2, 0.25) is 0 Å². The third-order valence-electron chi connectivity index (χ3n) is 2.46. The molecule has 4 heteroatoms. The van der Waals surface area contributed by atoms with E-state index in [4.69, 9.17) is 10.2 Å². The van der Waals surface area contributed by atoms with E-state index in [1.54, 1.807) is 31.5 Å². The molecule has 1 unspecified atom stereocenters. The molecule has 0 saturated carbocycles. The summed E-state index contributed by atoms with van der Waals surface area (Å²) >= 11 is 0. The lowest BCUT2D eigenvalue weighted by Crippen LogP contribution is -2.23. The van der Waals surface area contributed by atoms with E-state index in [0.717, 1.165) is 0 Å². The second kappa shape index (κ2) is 3.40. The molecule has 0 aliphatic rings. The van der Waals surface area contributed by atoms with Crippen molar-refractivity contribution in [3.63, 3.8) is 0 Å². The maximum Gasteiger partial charge on any atom is 0.118 e. The van der Waals surface area contributed by atoms with Gasteiger partial charge in [-0.05, 0) is 19.1 Å². The van der Waals surface area contributed by atoms with Crippen LogP contribution in [0.4, 0.5) is 5.69 Å². The monoisotopic (exact) mass is 204 g/mol. The lowest BCUT2D eigenvalue weighted by molar-refractivity contribution is 0.102. The van der Waals surface area contributed by atoms with Crippen LogP contribution in [0.25, 0.3) is 0 Å². The molecule has 0 aliphatic heterocycles. The normalized spacial score (nSPS) is 14.8. The Morgan fingerprint density at radius 1 is 1.47 bits per heavy atom. The molecule has 0 aromatic carbocycles. The van der Waals surface area contributed by atoms with Crippen molar-refractivity contribution in [2.45, 2.75) is 12.5 Å². The Hall–Kier alpha value is -1.81. The molecule has 0 aliphatic carbocycles. The van der Waals surface area contributed by atoms with Crippen molar-refractivity contribution in [3.8, 4) is 0 Å². The molecular formula is C11H12N2O2. The lowest BCUT2D eigenvalue weighted by atomic mass is 9.90. The van der Waals surface area contributed by atoms with E-state index in [1.807, 2.05) is 0 Å². The van der Waals surface area contributed by atoms with Gasteiger partial charge in [0.2, 0.25) is 0 Å². The van der Waals surface area contributed by atoms with Crippen molar-refractivity contribution in [1.29, 1.82) is 0 Å². The highest BCUT2D eigenvalue weighted by Crippen LogP contribution is 2.32. The molecule has 15 heavy (non-hydrogen) atoms. The predicted molar refractivity (Wildman–Crippen MR) is 56.0 cm³/mol. The maximum absolute atomic E-state index is 10.3. The Morgan fingerprint density at radius 2 is 2.27 bits per heavy atom. The van der Waals surface area contributed by atoms with Crippen LogP contribution in [-0.4, -0.2) is 10.1 Å². The molecule has 0 amide bonds. The number of nitrogens with zero attached hydrogens (tertiary/aromatic N) is 1. The zero-order valence-corrected chi connectivity index (χ0v) is 8.34. The van der Waals surface area contributed by atoms with Crippen LogP contribution in [0, 0.1) is 0 Å². The molecule has 2 aromatic heterocycles. The number of pyridine rings is 1. The SMILES string of the molecule is CC(O)(c1ccoc1)c1cnccc1N. The second-order valence-corrected chi connectivity index (χ2v) is 3.55. The number of nitrogens with two attached hydrogens (primary N) is 1. The number of nitrogen functional groups attached to an aromatic ring is 1. The van der Waals surface area contributed by atoms with Crippen LogP contribution in [0.5, 0.6) is 0 Å². The molecule has 0 bridgehead atoms. The summed E-state index contributed by atoms with van der Waals surface area (Å²) in [6, 6.07) is 3.36. The zero-order chi connectivity index (χ0) is 10.9. The number of anilines is 1. The average molecular weight is 204 g/mol. The summed E-state index contributed by atoms with van der Waals surface area (Å²) in [6.07, 6.45) is 6.15. The Labute approximate surface area is 87.4 Å². The van der Waals surface area contributed by atoms with Gasteiger partial charge in [-0.3, -0.25) is 4.98 Å². The smallest absolute Gasteiger partial charge is 0.118 e. The number of hydrogen-bond donors (Lipinski definition) is 2. The Morgan fingerprint density at radius 3 is 2.87 bits per heavy atom. The summed E-state index contributed by atoms with van der Waals surface area (Å²) in [5.41, 5.74) is 6.35. The highest BCUT2D eigenvalue weighted by atomic mass is 16.3. The third kappa shape index (κ3) is 1.59. The fraction of sp³-hybridized carbons (Fsp3) is 0.182. The van der Waals surface area contributed by atoms with Crippen molar-refractivity contribution in [2.75, 3.05) is 5.73 Å². The van der Waals surface area contributed by atoms with Crippen LogP contribution in [0.1, 0.15) is 18.1 Å². The Kier molecular flexibility index (Phi) is 2.21. The van der Waals surface area contributed by atoms with Crippen molar-refractivity contribution in [1.82, 2.24) is 4.98 Å². The highest BCUT2D eigenvalue weighted by molar-refractivity contribution is 5.50. The van der Waals surface area contributed by atoms with Crippen molar-refractivity contribution in [3.05, 3.63) is 48.2 Å². The standard InChI is InChI=1S/C11H12N2O2/c1-11(14,8-3-5-15-7-8)9-6-13-4-2-10(9)12/h2-7,14H,1H3,(H2,12,13). The predicted octanol–water partition coefficient (Wildman–Crippen LogP) is 1.51. The van der Waals surface area contributed by atoms with Crippen LogP contribution < -0.4 is 5.73 Å². The summed E-state index contributed by atoms with van der Waals surface area (Å²) in [6.45, 7) is 1.66. The minimum atomic E-state index is -1.18. The number of hydrogen-bond acceptors (Lipinski definition) is 4. The summed E-state index contributed by atoms with van der Waals surface area (Å²) in [7, 11) is 0. The summed E-state index contributed by atoms with van der Waals surface area (Å²) < 4.78 is 4.94. The first kappa shape index (κ1) is 9.73. The molecule has 0 spiro atoms. The molecule has 0 saturated heterocycles. The first-order valence-corrected chi connectivity index (χ1v) is 4.57. The Balaban J connectivity index is 2.51. The first-order chi connectivity index (χ1) is 7.12. The van der Waals surface area contributed by atoms with Gasteiger partial charge < -0.3 is 15.3 Å². The van der Waals surface area contributed by atoms with E-state index < -0.39 is 5.60 Å². The molecule has 0 fully saturated rings. The van der Waals surface area contributed by atoms with Gasteiger partial charge in [-0.2, -0.15) is 0 Å². The lowest BCUT2D eigenvalue weighted by Gasteiger charge is -2.23. The van der Waals surface area contributed by atoms with E-state index in [9.17, 15) is 5.11 Å². The molecule has 2 aromatic rings. The third-order valence-corrected chi connectivity index (χ3v) is 2.46. The van der Waals surface area contributed by atoms with E-state index in [1.165, 1.54) is 12.5 Å². The summed E-state index contributed by atoms with van der Waals surface area (Å²) in [5.74, 6) is 0. The quantitative estimate of drug-likeness (QED) is 0.777. The number of aliphatic hydroxyl groups is 1. The highest BCUT2D eigenvalue weighted by Gasteiger charge is 2.28. The van der Waals surface area contributed by atoms with Crippen LogP contribution >= 0.6 is 0 Å². The molecule has 2 heterocycles. The van der Waals surface area contributed by atoms with Gasteiger partial charge >= 0.3 is 0 Å². The average Bonchev–Trinajstić information content (AvgIpc) is 2.71. The Bertz CT molecular complexity index is 449. The fourth-order valence-corrected chi connectivity index (χ4v) is 1.51. The minimum Gasteiger partial charge on any atom is -0.472 e. The van der Waals surface area contributed by atoms with Gasteiger partial charge in [-0.1, -0.05) is 0 Å². The number of aromatic nitrogens is 1. The van der Waals surface area contributed by atoms with Crippen LogP contribution in [-0.2, 0) is 5.60 Å². The zero-order valence-electron chi connectivity index (χ0n) is 8.34. The van der Waals surface area contributed by atoms with Gasteiger partial charge in [0.15, 0.2) is 0 Å². The molecule has 1 atom stereocenters. The van der Waals surface area contributed by atoms with Crippen molar-refractivity contribution in [2.24, 2.45) is 0 Å². The fourth-order valence-electron chi connectivity index (χ4n) is 1.51. The molecule has 2 rings (SSSR count). The first-order valence-electron chi connectivity index (χ1n) is 4.57. The van der Waals surface area contributed by atoms with Crippen LogP contribution in [0.3, 0.4) is 0 Å². The molecule has 4 nitrogen and oxygen atoms in total. The van der Waals surface area contributed by atoms with E-state index in [-0.39, 0.29) is 0 Å². The van der Waals surface area contributed by atoms with Crippen molar-refractivity contribution >= 4 is 5.69 Å². The molecular weight excluding hydrogens is 192 g/mol. The maximum atomic E-state index is 10.3. The van der Waals surface area contributed by atoms with Gasteiger partial charge in [0, 0.05) is 29.2 Å². The molecule has 78 valence electrons. The van der Waals surface area contributed by atoms with Gasteiger partial charge in [0.1, 0.15) is 5.60 Å². The summed E-state index contributed by atoms with van der Waals surface area (Å²) in [4.78, 5) is 3.95. The van der Waals surface area contributed by atoms with E-state index in [0.29, 0.717) is 16.8 Å². The largest absolute Gasteiger partial charge is 0.472 e. The molecule has 0 radical (unpaired) electrons. The van der Waals surface area contributed by atoms with Gasteiger partial charge in [-0.25, -0.2) is 0 Å². The van der Waals surface area contributed by atoms with Crippen LogP contribution in [0.15, 0.2) is 41.5 Å². The number of rotatable bonds is 2. The van der Waals surface area contributed by atoms with Gasteiger partial charge in [0.05, 0.1) is 12.5 Å².